The van der Waals surface area contributed by atoms with Gasteiger partial charge < -0.3 is 14.6 Å². The number of anilines is 1. The van der Waals surface area contributed by atoms with Gasteiger partial charge in [0.15, 0.2) is 5.03 Å². The van der Waals surface area contributed by atoms with Crippen LogP contribution in [0, 0.1) is 5.41 Å². The van der Waals surface area contributed by atoms with Gasteiger partial charge in [-0.15, -0.1) is 0 Å². The summed E-state index contributed by atoms with van der Waals surface area (Å²) >= 11 is 0. The van der Waals surface area contributed by atoms with Gasteiger partial charge in [0.25, 0.3) is 10.0 Å². The first-order valence-electron chi connectivity index (χ1n) is 8.73. The summed E-state index contributed by atoms with van der Waals surface area (Å²) in [5.74, 6) is -2.04. The summed E-state index contributed by atoms with van der Waals surface area (Å²) in [5, 5.41) is 7.25. The van der Waals surface area contributed by atoms with E-state index in [1.54, 1.807) is 36.3 Å². The lowest BCUT2D eigenvalue weighted by Gasteiger charge is -2.46. The Morgan fingerprint density at radius 1 is 1.17 bits per heavy atom. The Morgan fingerprint density at radius 3 is 2.27 bits per heavy atom. The van der Waals surface area contributed by atoms with Crippen LogP contribution < -0.4 is 4.90 Å². The summed E-state index contributed by atoms with van der Waals surface area (Å²) in [7, 11) is -1.71. The summed E-state index contributed by atoms with van der Waals surface area (Å²) < 4.78 is 60.0. The number of halogens is 3. The second kappa shape index (κ2) is 7.83. The minimum atomic E-state index is -5.08. The molecule has 4 heterocycles. The fourth-order valence-electron chi connectivity index (χ4n) is 3.34. The summed E-state index contributed by atoms with van der Waals surface area (Å²) in [6, 6.07) is 1.79. The molecule has 164 valence electrons. The number of nitrogens with zero attached hydrogens (tertiary/aromatic N) is 6. The predicted molar refractivity (Wildman–Crippen MR) is 97.0 cm³/mol. The van der Waals surface area contributed by atoms with E-state index in [1.807, 2.05) is 0 Å². The number of carboxylic acids is 1. The molecule has 0 aliphatic carbocycles. The Hall–Kier alpha value is -2.74. The minimum absolute atomic E-state index is 0.0149. The van der Waals surface area contributed by atoms with Gasteiger partial charge in [-0.3, -0.25) is 0 Å². The van der Waals surface area contributed by atoms with Crippen molar-refractivity contribution in [3.05, 3.63) is 31.0 Å². The molecule has 0 atom stereocenters. The van der Waals surface area contributed by atoms with Crippen LogP contribution in [0.2, 0.25) is 0 Å². The maximum absolute atomic E-state index is 12.5. The lowest BCUT2D eigenvalue weighted by molar-refractivity contribution is -0.192. The molecule has 0 amide bonds. The molecule has 0 unspecified atom stereocenters. The van der Waals surface area contributed by atoms with Crippen LogP contribution in [-0.4, -0.2) is 75.7 Å². The number of hydrogen-bond acceptors (Lipinski definition) is 7. The van der Waals surface area contributed by atoms with Gasteiger partial charge >= 0.3 is 12.1 Å². The van der Waals surface area contributed by atoms with Crippen molar-refractivity contribution in [1.82, 2.24) is 23.8 Å². The molecular formula is C16H19F3N6O4S. The van der Waals surface area contributed by atoms with Gasteiger partial charge in [-0.25, -0.2) is 28.2 Å². The Bertz CT molecular complexity index is 1010. The van der Waals surface area contributed by atoms with Crippen molar-refractivity contribution in [2.45, 2.75) is 17.6 Å². The Morgan fingerprint density at radius 2 is 1.77 bits per heavy atom. The zero-order chi connectivity index (χ0) is 22.2. The largest absolute Gasteiger partial charge is 0.490 e. The molecule has 4 rings (SSSR count). The van der Waals surface area contributed by atoms with Gasteiger partial charge in [-0.1, -0.05) is 0 Å². The van der Waals surface area contributed by atoms with Gasteiger partial charge in [0.2, 0.25) is 5.95 Å². The van der Waals surface area contributed by atoms with Crippen LogP contribution in [-0.2, 0) is 21.9 Å². The van der Waals surface area contributed by atoms with E-state index < -0.39 is 22.2 Å². The van der Waals surface area contributed by atoms with E-state index in [9.17, 15) is 21.6 Å². The second-order valence-corrected chi connectivity index (χ2v) is 9.06. The first-order chi connectivity index (χ1) is 13.9. The van der Waals surface area contributed by atoms with Crippen molar-refractivity contribution in [3.63, 3.8) is 0 Å². The topological polar surface area (TPSA) is 122 Å². The normalized spacial score (nSPS) is 18.6. The zero-order valence-electron chi connectivity index (χ0n) is 15.8. The highest BCUT2D eigenvalue weighted by Crippen LogP contribution is 2.42. The van der Waals surface area contributed by atoms with Crippen molar-refractivity contribution < 1.29 is 31.5 Å². The average molecular weight is 448 g/mol. The van der Waals surface area contributed by atoms with Gasteiger partial charge in [0.1, 0.15) is 0 Å². The molecule has 0 bridgehead atoms. The first-order valence-corrected chi connectivity index (χ1v) is 10.2. The highest BCUT2D eigenvalue weighted by atomic mass is 32.2. The molecule has 2 saturated heterocycles. The van der Waals surface area contributed by atoms with E-state index in [0.29, 0.717) is 13.1 Å². The summed E-state index contributed by atoms with van der Waals surface area (Å²) in [5.41, 5.74) is 0.0149. The molecule has 2 aliphatic rings. The molecule has 0 aromatic carbocycles. The SMILES string of the molecule is Cn1cnc(S(=O)(=O)N2CC3(CCN(c4ncccn4)C3)C2)c1.O=C(O)C(F)(F)F. The van der Waals surface area contributed by atoms with Gasteiger partial charge in [-0.2, -0.15) is 17.5 Å². The molecule has 0 saturated carbocycles. The molecular weight excluding hydrogens is 429 g/mol. The standard InChI is InChI=1S/C14H18N6O2S.C2HF3O2/c1-18-7-12(17-11-18)23(21,22)20-9-14(10-20)3-6-19(8-14)13-15-4-2-5-16-13;3-2(4,5)1(6)7/h2,4-5,7,11H,3,6,8-10H2,1H3;(H,6,7). The zero-order valence-corrected chi connectivity index (χ0v) is 16.6. The van der Waals surface area contributed by atoms with Gasteiger partial charge in [0.05, 0.1) is 6.33 Å². The van der Waals surface area contributed by atoms with Crippen LogP contribution in [0.15, 0.2) is 36.0 Å². The number of rotatable bonds is 3. The summed E-state index contributed by atoms with van der Waals surface area (Å²) in [4.78, 5) is 23.5. The van der Waals surface area contributed by atoms with Crippen molar-refractivity contribution in [1.29, 1.82) is 0 Å². The number of alkyl halides is 3. The fourth-order valence-corrected chi connectivity index (χ4v) is 4.98. The third kappa shape index (κ3) is 4.53. The fraction of sp³-hybridized carbons (Fsp3) is 0.500. The number of sulfonamides is 1. The minimum Gasteiger partial charge on any atom is -0.475 e. The number of aromatic nitrogens is 4. The van der Waals surface area contributed by atoms with Crippen molar-refractivity contribution in [2.75, 3.05) is 31.1 Å². The number of aliphatic carboxylic acids is 1. The van der Waals surface area contributed by atoms with E-state index in [-0.39, 0.29) is 10.4 Å². The van der Waals surface area contributed by atoms with E-state index in [4.69, 9.17) is 9.90 Å². The molecule has 14 heteroatoms. The monoisotopic (exact) mass is 448 g/mol. The lowest BCUT2D eigenvalue weighted by Crippen LogP contribution is -2.59. The maximum atomic E-state index is 12.5. The third-order valence-corrected chi connectivity index (χ3v) is 6.50. The Balaban J connectivity index is 0.000000318. The molecule has 10 nitrogen and oxygen atoms in total. The van der Waals surface area contributed by atoms with Crippen LogP contribution in [0.1, 0.15) is 6.42 Å². The number of carbonyl (C=O) groups is 1. The average Bonchev–Trinajstić information content (AvgIpc) is 3.28. The van der Waals surface area contributed by atoms with Gasteiger partial charge in [0, 0.05) is 57.2 Å². The number of aryl methyl sites for hydroxylation is 1. The quantitative estimate of drug-likeness (QED) is 0.730. The predicted octanol–water partition coefficient (Wildman–Crippen LogP) is 0.744. The molecule has 0 radical (unpaired) electrons. The summed E-state index contributed by atoms with van der Waals surface area (Å²) in [6.07, 6.45) is 2.38. The van der Waals surface area contributed by atoms with Crippen molar-refractivity contribution in [3.8, 4) is 0 Å². The third-order valence-electron chi connectivity index (χ3n) is 4.82. The van der Waals surface area contributed by atoms with E-state index in [1.165, 1.54) is 10.6 Å². The highest BCUT2D eigenvalue weighted by molar-refractivity contribution is 7.89. The van der Waals surface area contributed by atoms with Crippen LogP contribution in [0.4, 0.5) is 19.1 Å². The lowest BCUT2D eigenvalue weighted by atomic mass is 9.81. The number of hydrogen-bond donors (Lipinski definition) is 1. The number of carboxylic acid groups (broad SMARTS) is 1. The van der Waals surface area contributed by atoms with Crippen LogP contribution in [0.25, 0.3) is 0 Å². The molecule has 2 aliphatic heterocycles. The van der Waals surface area contributed by atoms with Crippen LogP contribution in [0.3, 0.4) is 0 Å². The highest BCUT2D eigenvalue weighted by Gasteiger charge is 2.52. The van der Waals surface area contributed by atoms with Crippen LogP contribution >= 0.6 is 0 Å². The summed E-state index contributed by atoms with van der Waals surface area (Å²) in [6.45, 7) is 2.73. The van der Waals surface area contributed by atoms with Crippen molar-refractivity contribution in [2.24, 2.45) is 12.5 Å². The number of imidazole rings is 1. The molecule has 2 aromatic heterocycles. The van der Waals surface area contributed by atoms with Crippen LogP contribution in [0.5, 0.6) is 0 Å². The second-order valence-electron chi connectivity index (χ2n) is 7.17. The van der Waals surface area contributed by atoms with Crippen molar-refractivity contribution >= 4 is 21.9 Å². The van der Waals surface area contributed by atoms with E-state index in [0.717, 1.165) is 25.5 Å². The van der Waals surface area contributed by atoms with E-state index >= 15 is 0 Å². The molecule has 30 heavy (non-hydrogen) atoms. The molecule has 2 fully saturated rings. The molecule has 1 N–H and O–H groups in total. The smallest absolute Gasteiger partial charge is 0.475 e. The molecule has 2 aromatic rings. The maximum Gasteiger partial charge on any atom is 0.490 e. The molecule has 1 spiro atoms. The first kappa shape index (κ1) is 22.0. The van der Waals surface area contributed by atoms with E-state index in [2.05, 4.69) is 19.9 Å². The Labute approximate surface area is 170 Å². The Kier molecular flexibility index (Phi) is 5.73. The van der Waals surface area contributed by atoms with Gasteiger partial charge in [-0.05, 0) is 12.5 Å².